The van der Waals surface area contributed by atoms with Gasteiger partial charge in [0, 0.05) is 35.4 Å². The Balaban J connectivity index is 1.99. The van der Waals surface area contributed by atoms with E-state index in [0.717, 1.165) is 53.2 Å². The average Bonchev–Trinajstić information content (AvgIpc) is 3.06. The Morgan fingerprint density at radius 1 is 1.12 bits per heavy atom. The van der Waals surface area contributed by atoms with Gasteiger partial charge in [-0.05, 0) is 61.2 Å². The number of nitrogens with one attached hydrogen (secondary N) is 1. The van der Waals surface area contributed by atoms with Crippen molar-refractivity contribution in [2.24, 2.45) is 17.6 Å². The van der Waals surface area contributed by atoms with E-state index in [9.17, 15) is 4.79 Å². The molecular formula is C25H34BrN5O. The van der Waals surface area contributed by atoms with Crippen LogP contribution in [0.2, 0.25) is 0 Å². The molecule has 0 radical (unpaired) electrons. The zero-order valence-corrected chi connectivity index (χ0v) is 21.0. The molecular weight excluding hydrogens is 466 g/mol. The number of imidazole rings is 1. The number of nitrogens with two attached hydrogens (primary N) is 1. The standard InChI is InChI=1S/C25H34BrN5O/c1-17(2)15-30(16-18(3)4)24(32)19-9-10-22-23(13-19)31(12-6-11-27)25(29-22)28-21-8-5-7-20(26)14-21/h5,7-10,13-14,17-18H,6,11-12,15-16,27H2,1-4H3,(H,28,29). The molecule has 1 heterocycles. The predicted octanol–water partition coefficient (Wildman–Crippen LogP) is 5.65. The van der Waals surface area contributed by atoms with Crippen LogP contribution in [0.4, 0.5) is 11.6 Å². The van der Waals surface area contributed by atoms with E-state index in [1.165, 1.54) is 0 Å². The second-order valence-electron chi connectivity index (χ2n) is 9.07. The summed E-state index contributed by atoms with van der Waals surface area (Å²) in [5.74, 6) is 1.65. The highest BCUT2D eigenvalue weighted by atomic mass is 79.9. The molecule has 0 unspecified atom stereocenters. The minimum atomic E-state index is 0.0716. The van der Waals surface area contributed by atoms with Crippen LogP contribution in [0.1, 0.15) is 44.5 Å². The number of hydrogen-bond donors (Lipinski definition) is 2. The first-order chi connectivity index (χ1) is 15.3. The summed E-state index contributed by atoms with van der Waals surface area (Å²) in [7, 11) is 0. The third-order valence-corrected chi connectivity index (χ3v) is 5.61. The molecule has 0 aliphatic heterocycles. The van der Waals surface area contributed by atoms with Crippen molar-refractivity contribution in [1.82, 2.24) is 14.5 Å². The van der Waals surface area contributed by atoms with Gasteiger partial charge in [0.05, 0.1) is 11.0 Å². The molecule has 3 rings (SSSR count). The van der Waals surface area contributed by atoms with E-state index in [4.69, 9.17) is 10.7 Å². The molecule has 0 bridgehead atoms. The van der Waals surface area contributed by atoms with Gasteiger partial charge < -0.3 is 20.5 Å². The minimum absolute atomic E-state index is 0.0716. The van der Waals surface area contributed by atoms with Gasteiger partial charge in [-0.25, -0.2) is 4.98 Å². The maximum Gasteiger partial charge on any atom is 0.253 e. The van der Waals surface area contributed by atoms with Crippen molar-refractivity contribution in [3.8, 4) is 0 Å². The SMILES string of the molecule is CC(C)CN(CC(C)C)C(=O)c1ccc2nc(Nc3cccc(Br)c3)n(CCCN)c2c1. The molecule has 0 saturated carbocycles. The first-order valence-corrected chi connectivity index (χ1v) is 12.1. The average molecular weight is 500 g/mol. The summed E-state index contributed by atoms with van der Waals surface area (Å²) in [4.78, 5) is 20.1. The molecule has 0 aliphatic rings. The Morgan fingerprint density at radius 3 is 2.47 bits per heavy atom. The molecule has 3 aromatic rings. The van der Waals surface area contributed by atoms with E-state index in [1.807, 2.05) is 47.4 Å². The van der Waals surface area contributed by atoms with E-state index in [0.29, 0.717) is 23.9 Å². The van der Waals surface area contributed by atoms with Gasteiger partial charge in [-0.15, -0.1) is 0 Å². The van der Waals surface area contributed by atoms with Crippen LogP contribution in [0.15, 0.2) is 46.9 Å². The topological polar surface area (TPSA) is 76.2 Å². The van der Waals surface area contributed by atoms with Gasteiger partial charge in [0.15, 0.2) is 0 Å². The fourth-order valence-electron chi connectivity index (χ4n) is 3.83. The van der Waals surface area contributed by atoms with Crippen molar-refractivity contribution in [2.45, 2.75) is 40.7 Å². The fraction of sp³-hybridized carbons (Fsp3) is 0.440. The second-order valence-corrected chi connectivity index (χ2v) is 9.98. The van der Waals surface area contributed by atoms with Crippen LogP contribution >= 0.6 is 15.9 Å². The number of hydrogen-bond acceptors (Lipinski definition) is 4. The van der Waals surface area contributed by atoms with Crippen LogP contribution in [0, 0.1) is 11.8 Å². The van der Waals surface area contributed by atoms with Crippen molar-refractivity contribution in [1.29, 1.82) is 0 Å². The molecule has 172 valence electrons. The number of rotatable bonds is 10. The Kier molecular flexibility index (Phi) is 8.32. The monoisotopic (exact) mass is 499 g/mol. The highest BCUT2D eigenvalue weighted by Gasteiger charge is 2.20. The maximum absolute atomic E-state index is 13.4. The molecule has 0 atom stereocenters. The molecule has 0 spiro atoms. The summed E-state index contributed by atoms with van der Waals surface area (Å²) in [6.45, 7) is 11.4. The van der Waals surface area contributed by atoms with E-state index >= 15 is 0 Å². The van der Waals surface area contributed by atoms with Crippen LogP contribution in [-0.2, 0) is 6.54 Å². The number of amides is 1. The van der Waals surface area contributed by atoms with Crippen LogP contribution in [0.5, 0.6) is 0 Å². The minimum Gasteiger partial charge on any atom is -0.338 e. The molecule has 3 N–H and O–H groups in total. The van der Waals surface area contributed by atoms with Crippen LogP contribution < -0.4 is 11.1 Å². The summed E-state index contributed by atoms with van der Waals surface area (Å²) in [6, 6.07) is 13.8. The lowest BCUT2D eigenvalue weighted by Crippen LogP contribution is -2.37. The number of halogens is 1. The van der Waals surface area contributed by atoms with Gasteiger partial charge in [-0.2, -0.15) is 0 Å². The van der Waals surface area contributed by atoms with Gasteiger partial charge in [-0.3, -0.25) is 4.79 Å². The Labute approximate surface area is 199 Å². The molecule has 1 amide bonds. The van der Waals surface area contributed by atoms with Crippen LogP contribution in [-0.4, -0.2) is 40.0 Å². The van der Waals surface area contributed by atoms with Crippen molar-refractivity contribution in [2.75, 3.05) is 25.0 Å². The number of benzene rings is 2. The van der Waals surface area contributed by atoms with Gasteiger partial charge in [-0.1, -0.05) is 49.7 Å². The highest BCUT2D eigenvalue weighted by molar-refractivity contribution is 9.10. The molecule has 0 aliphatic carbocycles. The van der Waals surface area contributed by atoms with Crippen molar-refractivity contribution in [3.05, 3.63) is 52.5 Å². The number of nitrogens with zero attached hydrogens (tertiary/aromatic N) is 3. The lowest BCUT2D eigenvalue weighted by Gasteiger charge is -2.26. The number of aryl methyl sites for hydroxylation is 1. The summed E-state index contributed by atoms with van der Waals surface area (Å²) in [6.07, 6.45) is 0.823. The molecule has 6 nitrogen and oxygen atoms in total. The van der Waals surface area contributed by atoms with Crippen molar-refractivity contribution in [3.63, 3.8) is 0 Å². The summed E-state index contributed by atoms with van der Waals surface area (Å²) >= 11 is 3.52. The van der Waals surface area contributed by atoms with Gasteiger partial charge in [0.1, 0.15) is 0 Å². The molecule has 0 saturated heterocycles. The van der Waals surface area contributed by atoms with Crippen molar-refractivity contribution >= 4 is 44.5 Å². The Morgan fingerprint density at radius 2 is 1.84 bits per heavy atom. The zero-order chi connectivity index (χ0) is 23.3. The normalized spacial score (nSPS) is 11.5. The summed E-state index contributed by atoms with van der Waals surface area (Å²) < 4.78 is 3.12. The largest absolute Gasteiger partial charge is 0.338 e. The van der Waals surface area contributed by atoms with Crippen LogP contribution in [0.3, 0.4) is 0 Å². The van der Waals surface area contributed by atoms with Gasteiger partial charge in [0.2, 0.25) is 5.95 Å². The lowest BCUT2D eigenvalue weighted by molar-refractivity contribution is 0.0715. The maximum atomic E-state index is 13.4. The Bertz CT molecular complexity index is 1050. The molecule has 1 aromatic heterocycles. The second kappa shape index (κ2) is 11.0. The van der Waals surface area contributed by atoms with Gasteiger partial charge >= 0.3 is 0 Å². The lowest BCUT2D eigenvalue weighted by atomic mass is 10.1. The molecule has 7 heteroatoms. The molecule has 0 fully saturated rings. The Hall–Kier alpha value is -2.38. The van der Waals surface area contributed by atoms with E-state index in [2.05, 4.69) is 53.5 Å². The summed E-state index contributed by atoms with van der Waals surface area (Å²) in [5.41, 5.74) is 9.24. The summed E-state index contributed by atoms with van der Waals surface area (Å²) in [5, 5.41) is 3.42. The zero-order valence-electron chi connectivity index (χ0n) is 19.4. The molecule has 2 aromatic carbocycles. The number of fused-ring (bicyclic) bond motifs is 1. The van der Waals surface area contributed by atoms with E-state index < -0.39 is 0 Å². The van der Waals surface area contributed by atoms with Gasteiger partial charge in [0.25, 0.3) is 5.91 Å². The number of carbonyl (C=O) groups is 1. The number of aromatic nitrogens is 2. The first-order valence-electron chi connectivity index (χ1n) is 11.3. The highest BCUT2D eigenvalue weighted by Crippen LogP contribution is 2.26. The third kappa shape index (κ3) is 6.11. The smallest absolute Gasteiger partial charge is 0.253 e. The molecule has 32 heavy (non-hydrogen) atoms. The van der Waals surface area contributed by atoms with Crippen LogP contribution in [0.25, 0.3) is 11.0 Å². The number of carbonyl (C=O) groups excluding carboxylic acids is 1. The van der Waals surface area contributed by atoms with E-state index in [-0.39, 0.29) is 5.91 Å². The third-order valence-electron chi connectivity index (χ3n) is 5.12. The van der Waals surface area contributed by atoms with E-state index in [1.54, 1.807) is 0 Å². The predicted molar refractivity (Wildman–Crippen MR) is 136 cm³/mol. The first kappa shape index (κ1) is 24.3. The fourth-order valence-corrected chi connectivity index (χ4v) is 4.23. The quantitative estimate of drug-likeness (QED) is 0.378. The number of anilines is 2. The van der Waals surface area contributed by atoms with Crippen molar-refractivity contribution < 1.29 is 4.79 Å².